The molecule has 1 saturated heterocycles. The third-order valence-corrected chi connectivity index (χ3v) is 6.22. The van der Waals surface area contributed by atoms with Crippen molar-refractivity contribution in [2.45, 2.75) is 0 Å². The number of amides is 1. The molecule has 0 saturated carbocycles. The number of hydrogen-bond donors (Lipinski definition) is 0. The number of rotatable bonds is 3. The second-order valence-electron chi connectivity index (χ2n) is 7.71. The zero-order valence-electron chi connectivity index (χ0n) is 17.2. The highest BCUT2D eigenvalue weighted by Gasteiger charge is 2.24. The van der Waals surface area contributed by atoms with Gasteiger partial charge >= 0.3 is 0 Å². The van der Waals surface area contributed by atoms with Gasteiger partial charge in [-0.15, -0.1) is 0 Å². The molecule has 4 aromatic rings. The fourth-order valence-electron chi connectivity index (χ4n) is 4.04. The van der Waals surface area contributed by atoms with Gasteiger partial charge in [0.05, 0.1) is 16.8 Å². The number of carbonyl (C=O) groups is 1. The Morgan fingerprint density at radius 1 is 0.812 bits per heavy atom. The molecule has 0 unspecified atom stereocenters. The van der Waals surface area contributed by atoms with Crippen LogP contribution >= 0.6 is 23.2 Å². The number of fused-ring (bicyclic) bond motifs is 1. The number of piperazine rings is 1. The summed E-state index contributed by atoms with van der Waals surface area (Å²) < 4.78 is 0. The third kappa shape index (κ3) is 4.14. The van der Waals surface area contributed by atoms with Crippen LogP contribution < -0.4 is 4.90 Å². The van der Waals surface area contributed by atoms with Crippen molar-refractivity contribution >= 4 is 45.7 Å². The lowest BCUT2D eigenvalue weighted by molar-refractivity contribution is 0.0748. The van der Waals surface area contributed by atoms with Gasteiger partial charge in [-0.1, -0.05) is 23.2 Å². The molecule has 0 radical (unpaired) electrons. The molecule has 5 nitrogen and oxygen atoms in total. The lowest BCUT2D eigenvalue weighted by Gasteiger charge is -2.36. The SMILES string of the molecule is O=C(c1cc(-c2ccncc2)nc2ccc(Cl)cc12)N1CCN(c2ccc(Cl)cc2)CC1. The molecule has 1 fully saturated rings. The van der Waals surface area contributed by atoms with Gasteiger partial charge in [-0.2, -0.15) is 0 Å². The Hall–Kier alpha value is -3.15. The number of anilines is 1. The number of nitrogens with zero attached hydrogens (tertiary/aromatic N) is 4. The topological polar surface area (TPSA) is 49.3 Å². The Morgan fingerprint density at radius 3 is 2.22 bits per heavy atom. The second-order valence-corrected chi connectivity index (χ2v) is 8.58. The van der Waals surface area contributed by atoms with E-state index < -0.39 is 0 Å². The minimum atomic E-state index is -0.00858. The number of halogens is 2. The average molecular weight is 463 g/mol. The van der Waals surface area contributed by atoms with E-state index in [0.29, 0.717) is 23.7 Å². The summed E-state index contributed by atoms with van der Waals surface area (Å²) in [5.74, 6) is -0.00858. The van der Waals surface area contributed by atoms with Crippen LogP contribution in [0.2, 0.25) is 10.0 Å². The molecule has 2 aromatic carbocycles. The molecule has 1 amide bonds. The van der Waals surface area contributed by atoms with Gasteiger partial charge in [-0.25, -0.2) is 4.98 Å². The van der Waals surface area contributed by atoms with E-state index >= 15 is 0 Å². The summed E-state index contributed by atoms with van der Waals surface area (Å²) >= 11 is 12.3. The van der Waals surface area contributed by atoms with Crippen molar-refractivity contribution in [3.05, 3.63) is 88.7 Å². The van der Waals surface area contributed by atoms with Gasteiger partial charge in [0.1, 0.15) is 0 Å². The molecule has 5 rings (SSSR count). The molecular formula is C25H20Cl2N4O. The Labute approximate surface area is 196 Å². The summed E-state index contributed by atoms with van der Waals surface area (Å²) in [7, 11) is 0. The van der Waals surface area contributed by atoms with Crippen molar-refractivity contribution in [2.75, 3.05) is 31.1 Å². The van der Waals surface area contributed by atoms with Crippen molar-refractivity contribution in [2.24, 2.45) is 0 Å². The highest BCUT2D eigenvalue weighted by atomic mass is 35.5. The van der Waals surface area contributed by atoms with Crippen LogP contribution in [0.5, 0.6) is 0 Å². The first-order valence-corrected chi connectivity index (χ1v) is 11.1. The lowest BCUT2D eigenvalue weighted by atomic mass is 10.0. The highest BCUT2D eigenvalue weighted by molar-refractivity contribution is 6.31. The third-order valence-electron chi connectivity index (χ3n) is 5.74. The molecule has 3 heterocycles. The van der Waals surface area contributed by atoms with Crippen LogP contribution in [0, 0.1) is 0 Å². The predicted molar refractivity (Wildman–Crippen MR) is 130 cm³/mol. The van der Waals surface area contributed by atoms with E-state index in [1.54, 1.807) is 18.5 Å². The Bertz CT molecular complexity index is 1270. The summed E-state index contributed by atoms with van der Waals surface area (Å²) in [6.07, 6.45) is 3.45. The minimum Gasteiger partial charge on any atom is -0.368 e. The summed E-state index contributed by atoms with van der Waals surface area (Å²) in [6, 6.07) is 18.9. The summed E-state index contributed by atoms with van der Waals surface area (Å²) in [5.41, 5.74) is 4.13. The molecule has 32 heavy (non-hydrogen) atoms. The van der Waals surface area contributed by atoms with Crippen molar-refractivity contribution in [3.63, 3.8) is 0 Å². The van der Waals surface area contributed by atoms with Gasteiger partial charge in [0.15, 0.2) is 0 Å². The number of hydrogen-bond acceptors (Lipinski definition) is 4. The molecule has 0 atom stereocenters. The highest BCUT2D eigenvalue weighted by Crippen LogP contribution is 2.28. The van der Waals surface area contributed by atoms with Gasteiger partial charge in [0.25, 0.3) is 5.91 Å². The predicted octanol–water partition coefficient (Wildman–Crippen LogP) is 5.57. The Morgan fingerprint density at radius 2 is 1.50 bits per heavy atom. The maximum absolute atomic E-state index is 13.6. The van der Waals surface area contributed by atoms with Gasteiger partial charge < -0.3 is 9.80 Å². The zero-order chi connectivity index (χ0) is 22.1. The second kappa shape index (κ2) is 8.77. The van der Waals surface area contributed by atoms with E-state index in [1.165, 1.54) is 0 Å². The molecule has 160 valence electrons. The number of carbonyl (C=O) groups excluding carboxylic acids is 1. The Balaban J connectivity index is 1.45. The molecule has 7 heteroatoms. The number of aromatic nitrogens is 2. The standard InChI is InChI=1S/C25H20Cl2N4O/c26-18-1-4-20(5-2-18)30-11-13-31(14-12-30)25(32)22-16-24(17-7-9-28-10-8-17)29-23-6-3-19(27)15-21(22)23/h1-10,15-16H,11-14H2. The lowest BCUT2D eigenvalue weighted by Crippen LogP contribution is -2.48. The molecule has 1 aliphatic heterocycles. The number of pyridine rings is 2. The maximum atomic E-state index is 13.6. The fourth-order valence-corrected chi connectivity index (χ4v) is 4.33. The van der Waals surface area contributed by atoms with Crippen LogP contribution in [0.1, 0.15) is 10.4 Å². The molecule has 0 spiro atoms. The van der Waals surface area contributed by atoms with Crippen LogP contribution in [0.15, 0.2) is 73.1 Å². The van der Waals surface area contributed by atoms with E-state index in [1.807, 2.05) is 59.5 Å². The van der Waals surface area contributed by atoms with Crippen LogP contribution in [-0.2, 0) is 0 Å². The summed E-state index contributed by atoms with van der Waals surface area (Å²) in [5, 5.41) is 2.06. The maximum Gasteiger partial charge on any atom is 0.254 e. The first kappa shape index (κ1) is 20.7. The van der Waals surface area contributed by atoms with Gasteiger partial charge in [0.2, 0.25) is 0 Å². The van der Waals surface area contributed by atoms with Crippen molar-refractivity contribution in [3.8, 4) is 11.3 Å². The summed E-state index contributed by atoms with van der Waals surface area (Å²) in [6.45, 7) is 2.79. The smallest absolute Gasteiger partial charge is 0.254 e. The van der Waals surface area contributed by atoms with Crippen molar-refractivity contribution in [1.82, 2.24) is 14.9 Å². The molecule has 0 N–H and O–H groups in total. The molecule has 0 bridgehead atoms. The van der Waals surface area contributed by atoms with Crippen LogP contribution in [0.4, 0.5) is 5.69 Å². The van der Waals surface area contributed by atoms with Crippen molar-refractivity contribution in [1.29, 1.82) is 0 Å². The van der Waals surface area contributed by atoms with E-state index in [-0.39, 0.29) is 5.91 Å². The van der Waals surface area contributed by atoms with Gasteiger partial charge in [-0.05, 0) is 60.7 Å². The molecule has 0 aliphatic carbocycles. The van der Waals surface area contributed by atoms with E-state index in [4.69, 9.17) is 28.2 Å². The fraction of sp³-hybridized carbons (Fsp3) is 0.160. The van der Waals surface area contributed by atoms with Crippen molar-refractivity contribution < 1.29 is 4.79 Å². The molecule has 2 aromatic heterocycles. The monoisotopic (exact) mass is 462 g/mol. The quantitative estimate of drug-likeness (QED) is 0.399. The first-order valence-electron chi connectivity index (χ1n) is 10.4. The summed E-state index contributed by atoms with van der Waals surface area (Å²) in [4.78, 5) is 26.6. The van der Waals surface area contributed by atoms with E-state index in [0.717, 1.165) is 46.0 Å². The first-order chi connectivity index (χ1) is 15.6. The van der Waals surface area contributed by atoms with E-state index in [2.05, 4.69) is 9.88 Å². The van der Waals surface area contributed by atoms with Crippen LogP contribution in [0.25, 0.3) is 22.2 Å². The molecule has 1 aliphatic rings. The van der Waals surface area contributed by atoms with E-state index in [9.17, 15) is 4.79 Å². The largest absolute Gasteiger partial charge is 0.368 e. The zero-order valence-corrected chi connectivity index (χ0v) is 18.7. The van der Waals surface area contributed by atoms with Crippen LogP contribution in [-0.4, -0.2) is 47.0 Å². The van der Waals surface area contributed by atoms with Crippen LogP contribution in [0.3, 0.4) is 0 Å². The Kier molecular flexibility index (Phi) is 5.68. The van der Waals surface area contributed by atoms with Gasteiger partial charge in [-0.3, -0.25) is 9.78 Å². The van der Waals surface area contributed by atoms with Gasteiger partial charge in [0, 0.05) is 65.3 Å². The normalized spacial score (nSPS) is 14.1. The minimum absolute atomic E-state index is 0.00858. The average Bonchev–Trinajstić information content (AvgIpc) is 2.84. The number of benzene rings is 2. The molecular weight excluding hydrogens is 443 g/mol.